The van der Waals surface area contributed by atoms with Crippen LogP contribution in [0.15, 0.2) is 29.2 Å². The maximum absolute atomic E-state index is 5.02. The molecule has 0 fully saturated rings. The minimum atomic E-state index is 0.765. The van der Waals surface area contributed by atoms with E-state index in [0.717, 1.165) is 17.1 Å². The van der Waals surface area contributed by atoms with Gasteiger partial charge in [0.25, 0.3) is 0 Å². The molecule has 0 unspecified atom stereocenters. The molecular formula is C11H10N2OS. The fraction of sp³-hybridized carbons (Fsp3) is 0.0909. The van der Waals surface area contributed by atoms with Crippen molar-refractivity contribution < 1.29 is 4.74 Å². The number of hydrogen-bond acceptors (Lipinski definition) is 4. The van der Waals surface area contributed by atoms with Crippen molar-refractivity contribution in [3.05, 3.63) is 40.6 Å². The molecule has 0 N–H and O–H groups in total. The van der Waals surface area contributed by atoms with Gasteiger partial charge in [-0.2, -0.15) is 0 Å². The van der Waals surface area contributed by atoms with Crippen molar-refractivity contribution in [3.8, 4) is 5.75 Å². The maximum Gasteiger partial charge on any atom is 0.137 e. The van der Waals surface area contributed by atoms with Gasteiger partial charge < -0.3 is 4.74 Å². The Hall–Kier alpha value is -1.68. The lowest BCUT2D eigenvalue weighted by atomic mass is 10.3. The lowest BCUT2D eigenvalue weighted by Crippen LogP contribution is -1.85. The molecule has 2 rings (SSSR count). The van der Waals surface area contributed by atoms with Gasteiger partial charge in [0.05, 0.1) is 30.2 Å². The first-order valence-electron chi connectivity index (χ1n) is 4.45. The van der Waals surface area contributed by atoms with Crippen molar-refractivity contribution in [1.82, 2.24) is 9.97 Å². The van der Waals surface area contributed by atoms with Gasteiger partial charge in [0.15, 0.2) is 0 Å². The van der Waals surface area contributed by atoms with E-state index in [1.165, 1.54) is 0 Å². The zero-order valence-corrected chi connectivity index (χ0v) is 9.07. The van der Waals surface area contributed by atoms with Gasteiger partial charge in [-0.05, 0) is 24.3 Å². The van der Waals surface area contributed by atoms with Crippen LogP contribution in [0.1, 0.15) is 11.4 Å². The Morgan fingerprint density at radius 1 is 1.20 bits per heavy atom. The van der Waals surface area contributed by atoms with Crippen molar-refractivity contribution >= 4 is 23.5 Å². The summed E-state index contributed by atoms with van der Waals surface area (Å²) in [5.41, 5.74) is 3.66. The van der Waals surface area contributed by atoms with E-state index in [9.17, 15) is 0 Å². The van der Waals surface area contributed by atoms with Gasteiger partial charge in [-0.15, -0.1) is 11.3 Å². The number of nitrogens with zero attached hydrogens (tertiary/aromatic N) is 2. The summed E-state index contributed by atoms with van der Waals surface area (Å²) in [4.78, 5) is 8.36. The topological polar surface area (TPSA) is 35.0 Å². The number of methoxy groups -OCH3 is 1. The van der Waals surface area contributed by atoms with Crippen LogP contribution in [0, 0.1) is 0 Å². The lowest BCUT2D eigenvalue weighted by molar-refractivity contribution is 0.413. The van der Waals surface area contributed by atoms with E-state index < -0.39 is 0 Å². The van der Waals surface area contributed by atoms with E-state index >= 15 is 0 Å². The number of hydrogen-bond donors (Lipinski definition) is 0. The summed E-state index contributed by atoms with van der Waals surface area (Å²) in [5, 5.41) is 1.99. The summed E-state index contributed by atoms with van der Waals surface area (Å²) in [6.07, 6.45) is 5.56. The molecule has 0 aromatic carbocycles. The van der Waals surface area contributed by atoms with Crippen molar-refractivity contribution in [2.24, 2.45) is 0 Å². The second-order valence-electron chi connectivity index (χ2n) is 2.87. The molecule has 2 aromatic heterocycles. The van der Waals surface area contributed by atoms with Crippen LogP contribution in [-0.4, -0.2) is 17.1 Å². The molecule has 0 saturated heterocycles. The molecule has 2 aromatic rings. The van der Waals surface area contributed by atoms with E-state index in [1.807, 2.05) is 29.7 Å². The van der Waals surface area contributed by atoms with E-state index in [0.29, 0.717) is 0 Å². The highest BCUT2D eigenvalue weighted by molar-refractivity contribution is 7.07. The second kappa shape index (κ2) is 4.70. The maximum atomic E-state index is 5.02. The molecule has 0 aliphatic carbocycles. The first-order chi connectivity index (χ1) is 7.38. The number of rotatable bonds is 3. The molecule has 0 amide bonds. The fourth-order valence-corrected chi connectivity index (χ4v) is 1.61. The molecule has 0 aliphatic rings. The lowest BCUT2D eigenvalue weighted by Gasteiger charge is -1.97. The summed E-state index contributed by atoms with van der Waals surface area (Å²) < 4.78 is 5.02. The molecule has 0 radical (unpaired) electrons. The van der Waals surface area contributed by atoms with Crippen LogP contribution in [0.25, 0.3) is 12.2 Å². The van der Waals surface area contributed by atoms with Crippen LogP contribution in [0.5, 0.6) is 5.75 Å². The van der Waals surface area contributed by atoms with Crippen molar-refractivity contribution in [2.75, 3.05) is 7.11 Å². The van der Waals surface area contributed by atoms with E-state index in [4.69, 9.17) is 4.74 Å². The van der Waals surface area contributed by atoms with Crippen LogP contribution < -0.4 is 4.74 Å². The third kappa shape index (κ3) is 2.63. The van der Waals surface area contributed by atoms with E-state index in [-0.39, 0.29) is 0 Å². The molecule has 76 valence electrons. The number of aromatic nitrogens is 2. The molecule has 0 saturated carbocycles. The predicted molar refractivity (Wildman–Crippen MR) is 61.8 cm³/mol. The molecule has 0 spiro atoms. The standard InChI is InChI=1S/C11H10N2OS/c1-14-11-5-4-9(12-6-11)2-3-10-7-15-8-13-10/h2-8H,1H3. The van der Waals surface area contributed by atoms with Crippen LogP contribution >= 0.6 is 11.3 Å². The van der Waals surface area contributed by atoms with Crippen LogP contribution in [0.2, 0.25) is 0 Å². The molecule has 0 atom stereocenters. The Kier molecular flexibility index (Phi) is 3.09. The van der Waals surface area contributed by atoms with Crippen molar-refractivity contribution in [2.45, 2.75) is 0 Å². The third-order valence-electron chi connectivity index (χ3n) is 1.87. The normalized spacial score (nSPS) is 10.7. The number of pyridine rings is 1. The largest absolute Gasteiger partial charge is 0.495 e. The summed E-state index contributed by atoms with van der Waals surface area (Å²) in [6, 6.07) is 3.79. The molecule has 3 nitrogen and oxygen atoms in total. The second-order valence-corrected chi connectivity index (χ2v) is 3.59. The summed E-state index contributed by atoms with van der Waals surface area (Å²) >= 11 is 1.58. The molecular weight excluding hydrogens is 208 g/mol. The Bertz CT molecular complexity index is 434. The smallest absolute Gasteiger partial charge is 0.137 e. The monoisotopic (exact) mass is 218 g/mol. The summed E-state index contributed by atoms with van der Waals surface area (Å²) in [6.45, 7) is 0. The molecule has 0 bridgehead atoms. The van der Waals surface area contributed by atoms with Gasteiger partial charge in [0.2, 0.25) is 0 Å². The fourth-order valence-electron chi connectivity index (χ4n) is 1.09. The average molecular weight is 218 g/mol. The van der Waals surface area contributed by atoms with E-state index in [2.05, 4.69) is 9.97 Å². The zero-order valence-electron chi connectivity index (χ0n) is 8.25. The van der Waals surface area contributed by atoms with Crippen LogP contribution in [-0.2, 0) is 0 Å². The first kappa shape index (κ1) is 9.86. The van der Waals surface area contributed by atoms with Crippen molar-refractivity contribution in [3.63, 3.8) is 0 Å². The van der Waals surface area contributed by atoms with Gasteiger partial charge in [0, 0.05) is 5.38 Å². The first-order valence-corrected chi connectivity index (χ1v) is 5.39. The Labute approximate surface area is 92.1 Å². The molecule has 4 heteroatoms. The van der Waals surface area contributed by atoms with Gasteiger partial charge in [-0.3, -0.25) is 4.98 Å². The molecule has 15 heavy (non-hydrogen) atoms. The molecule has 2 heterocycles. The minimum absolute atomic E-state index is 0.765. The Morgan fingerprint density at radius 2 is 2.07 bits per heavy atom. The van der Waals surface area contributed by atoms with Crippen molar-refractivity contribution in [1.29, 1.82) is 0 Å². The predicted octanol–water partition coefficient (Wildman–Crippen LogP) is 2.72. The zero-order chi connectivity index (χ0) is 10.5. The summed E-state index contributed by atoms with van der Waals surface area (Å²) in [7, 11) is 1.63. The van der Waals surface area contributed by atoms with Crippen LogP contribution in [0.4, 0.5) is 0 Å². The van der Waals surface area contributed by atoms with Gasteiger partial charge >= 0.3 is 0 Å². The Morgan fingerprint density at radius 3 is 2.67 bits per heavy atom. The Balaban J connectivity index is 2.11. The van der Waals surface area contributed by atoms with E-state index in [1.54, 1.807) is 30.2 Å². The van der Waals surface area contributed by atoms with Gasteiger partial charge in [-0.25, -0.2) is 4.98 Å². The highest BCUT2D eigenvalue weighted by Gasteiger charge is 1.92. The van der Waals surface area contributed by atoms with Gasteiger partial charge in [0.1, 0.15) is 5.75 Å². The highest BCUT2D eigenvalue weighted by atomic mass is 32.1. The minimum Gasteiger partial charge on any atom is -0.495 e. The van der Waals surface area contributed by atoms with Crippen LogP contribution in [0.3, 0.4) is 0 Å². The molecule has 0 aliphatic heterocycles. The van der Waals surface area contributed by atoms with Gasteiger partial charge in [-0.1, -0.05) is 0 Å². The summed E-state index contributed by atoms with van der Waals surface area (Å²) in [5.74, 6) is 0.765. The number of ether oxygens (including phenoxy) is 1. The third-order valence-corrected chi connectivity index (χ3v) is 2.48. The number of thiazole rings is 1. The SMILES string of the molecule is COc1ccc(C=Cc2cscn2)nc1. The quantitative estimate of drug-likeness (QED) is 0.794. The average Bonchev–Trinajstić information content (AvgIpc) is 2.80. The highest BCUT2D eigenvalue weighted by Crippen LogP contribution is 2.10.